The standard InChI is InChI=1S/C12H18O8.C6H16N2/c13-8(14)6-4-2-1-3-5-7-12(9(15)16,10(17)18)11(19)20;7-5-3-1-2-4-6-8/h1-7H2,(H,13,14)(H,15,16)(H,17,18)(H,19,20);1-8H2. The SMILES string of the molecule is NCCCCCCN.O=C(O)CCCCCCCC(C(=O)O)(C(=O)O)C(=O)O. The molecule has 0 rings (SSSR count). The summed E-state index contributed by atoms with van der Waals surface area (Å²) >= 11 is 0. The molecule has 0 aliphatic rings. The molecule has 0 heterocycles. The molecular formula is C18H34N2O8. The lowest BCUT2D eigenvalue weighted by Gasteiger charge is -2.19. The molecule has 10 heteroatoms. The second-order valence-electron chi connectivity index (χ2n) is 6.47. The summed E-state index contributed by atoms with van der Waals surface area (Å²) in [7, 11) is 0. The first-order valence-electron chi connectivity index (χ1n) is 9.48. The average Bonchev–Trinajstić information content (AvgIpc) is 2.60. The quantitative estimate of drug-likeness (QED) is 0.161. The number of carboxylic acids is 4. The third-order valence-electron chi connectivity index (χ3n) is 4.20. The van der Waals surface area contributed by atoms with E-state index in [4.69, 9.17) is 31.9 Å². The molecule has 0 fully saturated rings. The Morgan fingerprint density at radius 3 is 1.29 bits per heavy atom. The minimum Gasteiger partial charge on any atom is -0.481 e. The molecule has 0 saturated heterocycles. The molecule has 0 aromatic heterocycles. The number of carboxylic acid groups (broad SMARTS) is 4. The molecule has 0 aliphatic carbocycles. The van der Waals surface area contributed by atoms with Gasteiger partial charge in [-0.15, -0.1) is 0 Å². The highest BCUT2D eigenvalue weighted by molar-refractivity contribution is 6.16. The van der Waals surface area contributed by atoms with Gasteiger partial charge in [0.25, 0.3) is 5.41 Å². The number of carbonyl (C=O) groups is 4. The van der Waals surface area contributed by atoms with Crippen molar-refractivity contribution >= 4 is 23.9 Å². The fraction of sp³-hybridized carbons (Fsp3) is 0.778. The lowest BCUT2D eigenvalue weighted by Crippen LogP contribution is -2.46. The van der Waals surface area contributed by atoms with Crippen LogP contribution in [0.25, 0.3) is 0 Å². The number of rotatable bonds is 16. The van der Waals surface area contributed by atoms with Crippen LogP contribution in [-0.4, -0.2) is 57.4 Å². The maximum atomic E-state index is 10.9. The molecule has 0 aromatic rings. The Morgan fingerprint density at radius 2 is 0.929 bits per heavy atom. The molecule has 0 radical (unpaired) electrons. The van der Waals surface area contributed by atoms with E-state index in [1.807, 2.05) is 0 Å². The van der Waals surface area contributed by atoms with Crippen LogP contribution in [0.15, 0.2) is 0 Å². The summed E-state index contributed by atoms with van der Waals surface area (Å²) in [5, 5.41) is 34.9. The van der Waals surface area contributed by atoms with Gasteiger partial charge in [0.1, 0.15) is 0 Å². The lowest BCUT2D eigenvalue weighted by atomic mass is 9.82. The van der Waals surface area contributed by atoms with E-state index in [0.717, 1.165) is 25.9 Å². The first kappa shape index (κ1) is 28.0. The van der Waals surface area contributed by atoms with Crippen molar-refractivity contribution in [2.24, 2.45) is 16.9 Å². The van der Waals surface area contributed by atoms with Crippen LogP contribution in [0.3, 0.4) is 0 Å². The van der Waals surface area contributed by atoms with Crippen molar-refractivity contribution in [3.63, 3.8) is 0 Å². The van der Waals surface area contributed by atoms with Crippen LogP contribution < -0.4 is 11.5 Å². The van der Waals surface area contributed by atoms with Crippen LogP contribution in [-0.2, 0) is 19.2 Å². The van der Waals surface area contributed by atoms with E-state index >= 15 is 0 Å². The average molecular weight is 406 g/mol. The number of hydrogen-bond acceptors (Lipinski definition) is 6. The van der Waals surface area contributed by atoms with Gasteiger partial charge in [0.05, 0.1) is 0 Å². The van der Waals surface area contributed by atoms with Gasteiger partial charge in [-0.25, -0.2) is 0 Å². The molecule has 28 heavy (non-hydrogen) atoms. The van der Waals surface area contributed by atoms with Gasteiger partial charge in [-0.05, 0) is 38.8 Å². The van der Waals surface area contributed by atoms with E-state index in [9.17, 15) is 19.2 Å². The van der Waals surface area contributed by atoms with E-state index in [0.29, 0.717) is 25.7 Å². The van der Waals surface area contributed by atoms with Crippen LogP contribution in [0.5, 0.6) is 0 Å². The second-order valence-corrected chi connectivity index (χ2v) is 6.47. The smallest absolute Gasteiger partial charge is 0.332 e. The summed E-state index contributed by atoms with van der Waals surface area (Å²) in [5.41, 5.74) is 7.75. The summed E-state index contributed by atoms with van der Waals surface area (Å²) < 4.78 is 0. The van der Waals surface area contributed by atoms with Gasteiger partial charge >= 0.3 is 23.9 Å². The van der Waals surface area contributed by atoms with Gasteiger partial charge < -0.3 is 31.9 Å². The van der Waals surface area contributed by atoms with Gasteiger partial charge in [-0.3, -0.25) is 19.2 Å². The Kier molecular flexibility index (Phi) is 16.9. The van der Waals surface area contributed by atoms with Crippen LogP contribution in [0.4, 0.5) is 0 Å². The molecule has 0 aliphatic heterocycles. The molecule has 8 N–H and O–H groups in total. The Bertz CT molecular complexity index is 440. The first-order chi connectivity index (χ1) is 13.2. The molecule has 164 valence electrons. The van der Waals surface area contributed by atoms with Gasteiger partial charge in [-0.1, -0.05) is 38.5 Å². The number of unbranched alkanes of at least 4 members (excludes halogenated alkanes) is 7. The molecule has 0 saturated carbocycles. The monoisotopic (exact) mass is 406 g/mol. The van der Waals surface area contributed by atoms with Crippen molar-refractivity contribution < 1.29 is 39.6 Å². The fourth-order valence-electron chi connectivity index (χ4n) is 2.43. The molecule has 0 aromatic carbocycles. The Morgan fingerprint density at radius 1 is 0.571 bits per heavy atom. The van der Waals surface area contributed by atoms with E-state index in [-0.39, 0.29) is 12.8 Å². The lowest BCUT2D eigenvalue weighted by molar-refractivity contribution is -0.176. The number of aliphatic carboxylic acids is 4. The molecular weight excluding hydrogens is 372 g/mol. The predicted molar refractivity (Wildman–Crippen MR) is 102 cm³/mol. The molecule has 10 nitrogen and oxygen atoms in total. The normalized spacial score (nSPS) is 10.6. The van der Waals surface area contributed by atoms with Crippen LogP contribution >= 0.6 is 0 Å². The zero-order valence-corrected chi connectivity index (χ0v) is 16.3. The summed E-state index contributed by atoms with van der Waals surface area (Å²) in [6.45, 7) is 1.65. The van der Waals surface area contributed by atoms with Crippen molar-refractivity contribution in [1.82, 2.24) is 0 Å². The Balaban J connectivity index is 0. The summed E-state index contributed by atoms with van der Waals surface area (Å²) in [4.78, 5) is 43.0. The Hall–Kier alpha value is -2.20. The molecule has 0 atom stereocenters. The molecule has 0 unspecified atom stereocenters. The Labute approximate surface area is 164 Å². The zero-order chi connectivity index (χ0) is 22.0. The van der Waals surface area contributed by atoms with E-state index < -0.39 is 35.7 Å². The van der Waals surface area contributed by atoms with Crippen molar-refractivity contribution in [3.8, 4) is 0 Å². The van der Waals surface area contributed by atoms with Crippen LogP contribution in [0.2, 0.25) is 0 Å². The van der Waals surface area contributed by atoms with Gasteiger partial charge in [0, 0.05) is 6.42 Å². The van der Waals surface area contributed by atoms with Gasteiger partial charge in [-0.2, -0.15) is 0 Å². The first-order valence-corrected chi connectivity index (χ1v) is 9.48. The topological polar surface area (TPSA) is 201 Å². The van der Waals surface area contributed by atoms with Gasteiger partial charge in [0.15, 0.2) is 0 Å². The summed E-state index contributed by atoms with van der Waals surface area (Å²) in [6.07, 6.45) is 6.63. The summed E-state index contributed by atoms with van der Waals surface area (Å²) in [5.74, 6) is -6.55. The molecule has 0 spiro atoms. The van der Waals surface area contributed by atoms with Crippen LogP contribution in [0.1, 0.15) is 70.6 Å². The van der Waals surface area contributed by atoms with Crippen LogP contribution in [0, 0.1) is 5.41 Å². The minimum atomic E-state index is -2.80. The highest BCUT2D eigenvalue weighted by Crippen LogP contribution is 2.27. The highest BCUT2D eigenvalue weighted by Gasteiger charge is 2.53. The van der Waals surface area contributed by atoms with Crippen molar-refractivity contribution in [1.29, 1.82) is 0 Å². The summed E-state index contributed by atoms with van der Waals surface area (Å²) in [6, 6.07) is 0. The fourth-order valence-corrected chi connectivity index (χ4v) is 2.43. The van der Waals surface area contributed by atoms with Crippen molar-refractivity contribution in [3.05, 3.63) is 0 Å². The molecule has 0 amide bonds. The zero-order valence-electron chi connectivity index (χ0n) is 16.3. The molecule has 0 bridgehead atoms. The third-order valence-corrected chi connectivity index (χ3v) is 4.20. The van der Waals surface area contributed by atoms with Crippen molar-refractivity contribution in [2.75, 3.05) is 13.1 Å². The third kappa shape index (κ3) is 12.2. The van der Waals surface area contributed by atoms with E-state index in [1.165, 1.54) is 12.8 Å². The highest BCUT2D eigenvalue weighted by atomic mass is 16.4. The van der Waals surface area contributed by atoms with Crippen molar-refractivity contribution in [2.45, 2.75) is 70.6 Å². The predicted octanol–water partition coefficient (Wildman–Crippen LogP) is 1.51. The van der Waals surface area contributed by atoms with Gasteiger partial charge in [0.2, 0.25) is 0 Å². The maximum Gasteiger partial charge on any atom is 0.332 e. The van der Waals surface area contributed by atoms with E-state index in [1.54, 1.807) is 0 Å². The maximum absolute atomic E-state index is 10.9. The number of hydrogen-bond donors (Lipinski definition) is 6. The minimum absolute atomic E-state index is 0.0450. The van der Waals surface area contributed by atoms with E-state index in [2.05, 4.69) is 0 Å². The number of nitrogens with two attached hydrogens (primary N) is 2. The second kappa shape index (κ2) is 16.9. The largest absolute Gasteiger partial charge is 0.481 e.